The van der Waals surface area contributed by atoms with Crippen LogP contribution in [0.1, 0.15) is 56.1 Å². The standard InChI is InChI=1S/C15H25NO4S/c1-10-5-4-6-13(8-7-10)16-21(18,19)15-12(3)20-11(2)14(15)9-17/h10,13,16-17H,4-9H2,1-3H3. The van der Waals surface area contributed by atoms with Crippen LogP contribution in [0.2, 0.25) is 0 Å². The Bertz CT molecular complexity index is 591. The third-order valence-corrected chi connectivity index (χ3v) is 6.05. The molecule has 0 radical (unpaired) electrons. The van der Waals surface area contributed by atoms with Gasteiger partial charge in [0.2, 0.25) is 10.0 Å². The Morgan fingerprint density at radius 3 is 2.57 bits per heavy atom. The molecule has 5 nitrogen and oxygen atoms in total. The molecule has 2 atom stereocenters. The van der Waals surface area contributed by atoms with Crippen LogP contribution in [0.25, 0.3) is 0 Å². The number of aliphatic hydroxyl groups is 1. The highest BCUT2D eigenvalue weighted by molar-refractivity contribution is 7.89. The minimum Gasteiger partial charge on any atom is -0.465 e. The molecule has 0 spiro atoms. The fourth-order valence-corrected chi connectivity index (χ4v) is 4.87. The van der Waals surface area contributed by atoms with E-state index in [-0.39, 0.29) is 17.5 Å². The summed E-state index contributed by atoms with van der Waals surface area (Å²) in [5.74, 6) is 1.46. The minimum atomic E-state index is -3.65. The fourth-order valence-electron chi connectivity index (χ4n) is 3.13. The van der Waals surface area contributed by atoms with Crippen molar-refractivity contribution in [1.82, 2.24) is 4.72 Å². The van der Waals surface area contributed by atoms with Gasteiger partial charge < -0.3 is 9.52 Å². The number of nitrogens with one attached hydrogen (secondary N) is 1. The van der Waals surface area contributed by atoms with Gasteiger partial charge in [-0.05, 0) is 39.0 Å². The lowest BCUT2D eigenvalue weighted by atomic mass is 10.0. The number of hydrogen-bond acceptors (Lipinski definition) is 4. The molecular formula is C15H25NO4S. The van der Waals surface area contributed by atoms with Crippen LogP contribution in [0.5, 0.6) is 0 Å². The maximum absolute atomic E-state index is 12.6. The predicted molar refractivity (Wildman–Crippen MR) is 80.5 cm³/mol. The molecule has 0 bridgehead atoms. The van der Waals surface area contributed by atoms with Crippen molar-refractivity contribution in [3.05, 3.63) is 17.1 Å². The zero-order valence-electron chi connectivity index (χ0n) is 13.0. The summed E-state index contributed by atoms with van der Waals surface area (Å²) in [4.78, 5) is 0.111. The molecule has 2 unspecified atom stereocenters. The molecule has 0 aliphatic heterocycles. The zero-order valence-corrected chi connectivity index (χ0v) is 13.8. The van der Waals surface area contributed by atoms with Gasteiger partial charge in [-0.2, -0.15) is 0 Å². The van der Waals surface area contributed by atoms with E-state index in [1.165, 1.54) is 0 Å². The van der Waals surface area contributed by atoms with E-state index in [0.717, 1.165) is 32.1 Å². The van der Waals surface area contributed by atoms with Gasteiger partial charge in [0.15, 0.2) is 0 Å². The molecule has 1 aliphatic carbocycles. The van der Waals surface area contributed by atoms with Crippen molar-refractivity contribution in [2.75, 3.05) is 0 Å². The summed E-state index contributed by atoms with van der Waals surface area (Å²) >= 11 is 0. The number of hydrogen-bond donors (Lipinski definition) is 2. The second-order valence-electron chi connectivity index (χ2n) is 6.11. The van der Waals surface area contributed by atoms with Crippen molar-refractivity contribution in [1.29, 1.82) is 0 Å². The molecule has 1 fully saturated rings. The van der Waals surface area contributed by atoms with E-state index < -0.39 is 10.0 Å². The Labute approximate surface area is 126 Å². The highest BCUT2D eigenvalue weighted by Crippen LogP contribution is 2.28. The average molecular weight is 315 g/mol. The van der Waals surface area contributed by atoms with E-state index in [9.17, 15) is 13.5 Å². The van der Waals surface area contributed by atoms with Crippen molar-refractivity contribution in [2.24, 2.45) is 5.92 Å². The van der Waals surface area contributed by atoms with E-state index in [4.69, 9.17) is 4.42 Å². The molecule has 1 aliphatic rings. The van der Waals surface area contributed by atoms with Crippen LogP contribution in [0, 0.1) is 19.8 Å². The van der Waals surface area contributed by atoms with E-state index in [1.54, 1.807) is 13.8 Å². The Kier molecular flexibility index (Phi) is 5.11. The second-order valence-corrected chi connectivity index (χ2v) is 7.76. The lowest BCUT2D eigenvalue weighted by Crippen LogP contribution is -2.35. The van der Waals surface area contributed by atoms with Crippen molar-refractivity contribution in [3.63, 3.8) is 0 Å². The Morgan fingerprint density at radius 2 is 1.90 bits per heavy atom. The minimum absolute atomic E-state index is 0.0268. The molecule has 1 aromatic rings. The summed E-state index contributed by atoms with van der Waals surface area (Å²) in [6.07, 6.45) is 4.98. The SMILES string of the molecule is Cc1oc(C)c(S(=O)(=O)NC2CCCC(C)CC2)c1CO. The fraction of sp³-hybridized carbons (Fsp3) is 0.733. The molecule has 120 valence electrons. The van der Waals surface area contributed by atoms with Crippen LogP contribution in [-0.2, 0) is 16.6 Å². The predicted octanol–water partition coefficient (Wildman–Crippen LogP) is 2.64. The number of aliphatic hydroxyl groups excluding tert-OH is 1. The molecule has 1 aromatic heterocycles. The van der Waals surface area contributed by atoms with E-state index >= 15 is 0 Å². The van der Waals surface area contributed by atoms with Crippen molar-refractivity contribution < 1.29 is 17.9 Å². The first kappa shape index (κ1) is 16.5. The van der Waals surface area contributed by atoms with Gasteiger partial charge in [0.05, 0.1) is 6.61 Å². The summed E-state index contributed by atoms with van der Waals surface area (Å²) < 4.78 is 33.4. The van der Waals surface area contributed by atoms with Crippen molar-refractivity contribution >= 4 is 10.0 Å². The smallest absolute Gasteiger partial charge is 0.244 e. The largest absolute Gasteiger partial charge is 0.465 e. The van der Waals surface area contributed by atoms with E-state index in [1.807, 2.05) is 0 Å². The van der Waals surface area contributed by atoms with Crippen molar-refractivity contribution in [2.45, 2.75) is 70.4 Å². The van der Waals surface area contributed by atoms with Gasteiger partial charge in [-0.15, -0.1) is 0 Å². The Morgan fingerprint density at radius 1 is 1.19 bits per heavy atom. The summed E-state index contributed by atoms with van der Waals surface area (Å²) in [5, 5.41) is 9.41. The van der Waals surface area contributed by atoms with Gasteiger partial charge in [0.1, 0.15) is 16.4 Å². The Hall–Kier alpha value is -0.850. The van der Waals surface area contributed by atoms with Crippen LogP contribution < -0.4 is 4.72 Å². The third kappa shape index (κ3) is 3.67. The topological polar surface area (TPSA) is 79.5 Å². The lowest BCUT2D eigenvalue weighted by molar-refractivity contribution is 0.276. The first-order chi connectivity index (χ1) is 9.85. The number of furan rings is 1. The lowest BCUT2D eigenvalue weighted by Gasteiger charge is -2.17. The molecule has 2 rings (SSSR count). The summed E-state index contributed by atoms with van der Waals surface area (Å²) in [7, 11) is -3.65. The van der Waals surface area contributed by atoms with E-state index in [2.05, 4.69) is 11.6 Å². The molecule has 21 heavy (non-hydrogen) atoms. The summed E-state index contributed by atoms with van der Waals surface area (Å²) in [5.41, 5.74) is 0.363. The first-order valence-corrected chi connectivity index (χ1v) is 9.05. The maximum Gasteiger partial charge on any atom is 0.244 e. The summed E-state index contributed by atoms with van der Waals surface area (Å²) in [6, 6.07) is -0.0268. The van der Waals surface area contributed by atoms with Gasteiger partial charge >= 0.3 is 0 Å². The highest BCUT2D eigenvalue weighted by Gasteiger charge is 2.29. The first-order valence-electron chi connectivity index (χ1n) is 7.57. The molecule has 0 amide bonds. The summed E-state index contributed by atoms with van der Waals surface area (Å²) in [6.45, 7) is 5.17. The van der Waals surface area contributed by atoms with Gasteiger partial charge in [0, 0.05) is 11.6 Å². The molecule has 0 aromatic carbocycles. The van der Waals surface area contributed by atoms with Crippen molar-refractivity contribution in [3.8, 4) is 0 Å². The quantitative estimate of drug-likeness (QED) is 0.837. The van der Waals surface area contributed by atoms with E-state index in [0.29, 0.717) is 23.0 Å². The number of rotatable bonds is 4. The average Bonchev–Trinajstić information content (AvgIpc) is 2.54. The Balaban J connectivity index is 2.22. The van der Waals surface area contributed by atoms with Gasteiger partial charge in [-0.3, -0.25) is 0 Å². The third-order valence-electron chi connectivity index (χ3n) is 4.33. The van der Waals surface area contributed by atoms with Gasteiger partial charge in [-0.25, -0.2) is 13.1 Å². The number of aryl methyl sites for hydroxylation is 2. The number of sulfonamides is 1. The van der Waals surface area contributed by atoms with Crippen LogP contribution >= 0.6 is 0 Å². The van der Waals surface area contributed by atoms with Crippen LogP contribution in [0.3, 0.4) is 0 Å². The maximum atomic E-state index is 12.6. The van der Waals surface area contributed by atoms with Crippen LogP contribution in [0.4, 0.5) is 0 Å². The molecule has 0 saturated heterocycles. The molecule has 1 saturated carbocycles. The molecule has 1 heterocycles. The zero-order chi connectivity index (χ0) is 15.6. The highest BCUT2D eigenvalue weighted by atomic mass is 32.2. The molecular weight excluding hydrogens is 290 g/mol. The van der Waals surface area contributed by atoms with Crippen LogP contribution in [0.15, 0.2) is 9.31 Å². The normalized spacial score (nSPS) is 24.0. The van der Waals surface area contributed by atoms with Crippen LogP contribution in [-0.4, -0.2) is 19.6 Å². The monoisotopic (exact) mass is 315 g/mol. The molecule has 6 heteroatoms. The van der Waals surface area contributed by atoms with Gasteiger partial charge in [0.25, 0.3) is 0 Å². The van der Waals surface area contributed by atoms with Gasteiger partial charge in [-0.1, -0.05) is 19.8 Å². The second kappa shape index (κ2) is 6.50. The molecule has 2 N–H and O–H groups in total.